The molecular formula is C24H19ClN6O2. The maximum Gasteiger partial charge on any atom is 0.356 e. The molecule has 0 bridgehead atoms. The SMILES string of the molecule is Cc1cc(C(C)Nc2ccc(Cl)nc2C(=O)O)c2nc(-c3ccccc3)n3cnnc3c2c1. The maximum absolute atomic E-state index is 11.7. The summed E-state index contributed by atoms with van der Waals surface area (Å²) in [5, 5.41) is 22.3. The van der Waals surface area contributed by atoms with E-state index in [1.807, 2.05) is 60.7 Å². The fourth-order valence-electron chi connectivity index (χ4n) is 3.98. The summed E-state index contributed by atoms with van der Waals surface area (Å²) in [5.74, 6) is -0.434. The van der Waals surface area contributed by atoms with E-state index in [9.17, 15) is 9.90 Å². The Balaban J connectivity index is 1.70. The van der Waals surface area contributed by atoms with E-state index in [4.69, 9.17) is 16.6 Å². The second-order valence-corrected chi connectivity index (χ2v) is 8.16. The molecule has 0 radical (unpaired) electrons. The highest BCUT2D eigenvalue weighted by Gasteiger charge is 2.20. The average molecular weight is 459 g/mol. The smallest absolute Gasteiger partial charge is 0.356 e. The fraction of sp³-hybridized carbons (Fsp3) is 0.125. The molecule has 0 aliphatic heterocycles. The molecule has 3 heterocycles. The number of rotatable bonds is 5. The van der Waals surface area contributed by atoms with Crippen molar-refractivity contribution in [2.24, 2.45) is 0 Å². The molecule has 0 fully saturated rings. The lowest BCUT2D eigenvalue weighted by Gasteiger charge is -2.20. The van der Waals surface area contributed by atoms with E-state index in [0.717, 1.165) is 33.4 Å². The zero-order valence-electron chi connectivity index (χ0n) is 17.8. The second-order valence-electron chi connectivity index (χ2n) is 7.78. The van der Waals surface area contributed by atoms with E-state index in [-0.39, 0.29) is 16.9 Å². The lowest BCUT2D eigenvalue weighted by Crippen LogP contribution is -2.13. The highest BCUT2D eigenvalue weighted by Crippen LogP contribution is 2.32. The number of nitrogens with one attached hydrogen (secondary N) is 1. The van der Waals surface area contributed by atoms with Crippen molar-refractivity contribution in [3.05, 3.63) is 82.9 Å². The van der Waals surface area contributed by atoms with Gasteiger partial charge in [0, 0.05) is 16.5 Å². The zero-order valence-corrected chi connectivity index (χ0v) is 18.6. The van der Waals surface area contributed by atoms with Crippen molar-refractivity contribution >= 4 is 39.8 Å². The minimum atomic E-state index is -1.16. The highest BCUT2D eigenvalue weighted by atomic mass is 35.5. The minimum Gasteiger partial charge on any atom is -0.476 e. The van der Waals surface area contributed by atoms with Crippen LogP contribution < -0.4 is 5.32 Å². The molecular weight excluding hydrogens is 440 g/mol. The molecule has 2 aromatic carbocycles. The van der Waals surface area contributed by atoms with Crippen LogP contribution >= 0.6 is 11.6 Å². The summed E-state index contributed by atoms with van der Waals surface area (Å²) in [4.78, 5) is 20.6. The van der Waals surface area contributed by atoms with Crippen LogP contribution in [0.5, 0.6) is 0 Å². The molecule has 0 saturated carbocycles. The van der Waals surface area contributed by atoms with Gasteiger partial charge in [0.15, 0.2) is 11.3 Å². The largest absolute Gasteiger partial charge is 0.476 e. The van der Waals surface area contributed by atoms with Crippen molar-refractivity contribution in [1.82, 2.24) is 24.6 Å². The molecule has 3 aromatic heterocycles. The monoisotopic (exact) mass is 458 g/mol. The topological polar surface area (TPSA) is 105 Å². The number of aryl methyl sites for hydroxylation is 1. The van der Waals surface area contributed by atoms with E-state index in [2.05, 4.69) is 20.5 Å². The third kappa shape index (κ3) is 3.74. The molecule has 5 rings (SSSR count). The van der Waals surface area contributed by atoms with Crippen LogP contribution in [-0.4, -0.2) is 35.6 Å². The molecule has 8 nitrogen and oxygen atoms in total. The van der Waals surface area contributed by atoms with E-state index in [1.165, 1.54) is 0 Å². The number of carboxylic acids is 1. The summed E-state index contributed by atoms with van der Waals surface area (Å²) < 4.78 is 1.88. The van der Waals surface area contributed by atoms with Crippen LogP contribution in [0.2, 0.25) is 5.15 Å². The van der Waals surface area contributed by atoms with Gasteiger partial charge in [-0.15, -0.1) is 10.2 Å². The highest BCUT2D eigenvalue weighted by molar-refractivity contribution is 6.29. The van der Waals surface area contributed by atoms with Gasteiger partial charge in [0.05, 0.1) is 17.2 Å². The quantitative estimate of drug-likeness (QED) is 0.350. The molecule has 0 aliphatic rings. The third-order valence-electron chi connectivity index (χ3n) is 5.45. The van der Waals surface area contributed by atoms with Gasteiger partial charge in [-0.2, -0.15) is 0 Å². The Kier molecular flexibility index (Phi) is 5.14. The van der Waals surface area contributed by atoms with E-state index in [1.54, 1.807) is 18.5 Å². The van der Waals surface area contributed by atoms with Gasteiger partial charge in [-0.3, -0.25) is 4.40 Å². The van der Waals surface area contributed by atoms with Crippen molar-refractivity contribution in [2.45, 2.75) is 19.9 Å². The van der Waals surface area contributed by atoms with Crippen molar-refractivity contribution in [3.63, 3.8) is 0 Å². The molecule has 164 valence electrons. The summed E-state index contributed by atoms with van der Waals surface area (Å²) >= 11 is 5.91. The number of carboxylic acid groups (broad SMARTS) is 1. The standard InChI is InChI=1S/C24H19ClN6O2/c1-13-10-16(14(2)27-18-8-9-19(25)28-21(18)24(32)33)20-17(11-13)23-30-26-12-31(23)22(29-20)15-6-4-3-5-7-15/h3-12,14,27H,1-2H3,(H,32,33). The normalized spacial score (nSPS) is 12.2. The number of fused-ring (bicyclic) bond motifs is 3. The van der Waals surface area contributed by atoms with Gasteiger partial charge in [0.2, 0.25) is 0 Å². The number of halogens is 1. The zero-order chi connectivity index (χ0) is 23.1. The van der Waals surface area contributed by atoms with E-state index in [0.29, 0.717) is 11.3 Å². The van der Waals surface area contributed by atoms with Gasteiger partial charge >= 0.3 is 5.97 Å². The number of pyridine rings is 1. The summed E-state index contributed by atoms with van der Waals surface area (Å²) in [5.41, 5.74) is 4.57. The van der Waals surface area contributed by atoms with Crippen molar-refractivity contribution < 1.29 is 9.90 Å². The Hall–Kier alpha value is -4.04. The summed E-state index contributed by atoms with van der Waals surface area (Å²) in [6.45, 7) is 3.95. The number of aromatic nitrogens is 5. The summed E-state index contributed by atoms with van der Waals surface area (Å²) in [7, 11) is 0. The van der Waals surface area contributed by atoms with Crippen molar-refractivity contribution in [1.29, 1.82) is 0 Å². The molecule has 2 N–H and O–H groups in total. The Bertz CT molecular complexity index is 1520. The lowest BCUT2D eigenvalue weighted by atomic mass is 10.0. The van der Waals surface area contributed by atoms with Crippen LogP contribution in [0.3, 0.4) is 0 Å². The molecule has 0 aliphatic carbocycles. The molecule has 33 heavy (non-hydrogen) atoms. The van der Waals surface area contributed by atoms with Gasteiger partial charge in [-0.05, 0) is 37.6 Å². The number of nitrogens with zero attached hydrogens (tertiary/aromatic N) is 5. The molecule has 0 amide bonds. The summed E-state index contributed by atoms with van der Waals surface area (Å²) in [6.07, 6.45) is 1.66. The van der Waals surface area contributed by atoms with Gasteiger partial charge in [-0.1, -0.05) is 48.0 Å². The predicted octanol–water partition coefficient (Wildman–Crippen LogP) is 5.17. The van der Waals surface area contributed by atoms with Crippen molar-refractivity contribution in [2.75, 3.05) is 5.32 Å². The first-order chi connectivity index (χ1) is 15.9. The van der Waals surface area contributed by atoms with Gasteiger partial charge < -0.3 is 10.4 Å². The van der Waals surface area contributed by atoms with Gasteiger partial charge in [0.1, 0.15) is 17.3 Å². The van der Waals surface area contributed by atoms with Gasteiger partial charge in [-0.25, -0.2) is 14.8 Å². The Morgan fingerprint density at radius 3 is 2.67 bits per heavy atom. The minimum absolute atomic E-state index is 0.120. The Labute approximate surface area is 193 Å². The van der Waals surface area contributed by atoms with Crippen LogP contribution in [0, 0.1) is 6.92 Å². The van der Waals surface area contributed by atoms with Crippen molar-refractivity contribution in [3.8, 4) is 11.4 Å². The predicted molar refractivity (Wildman–Crippen MR) is 127 cm³/mol. The Morgan fingerprint density at radius 1 is 1.12 bits per heavy atom. The average Bonchev–Trinajstić information content (AvgIpc) is 3.30. The van der Waals surface area contributed by atoms with Crippen LogP contribution in [-0.2, 0) is 0 Å². The number of carbonyl (C=O) groups is 1. The van der Waals surface area contributed by atoms with E-state index >= 15 is 0 Å². The number of hydrogen-bond acceptors (Lipinski definition) is 6. The number of hydrogen-bond donors (Lipinski definition) is 2. The van der Waals surface area contributed by atoms with Crippen LogP contribution in [0.15, 0.2) is 60.9 Å². The van der Waals surface area contributed by atoms with Crippen LogP contribution in [0.25, 0.3) is 27.9 Å². The van der Waals surface area contributed by atoms with Crippen LogP contribution in [0.1, 0.15) is 34.6 Å². The third-order valence-corrected chi connectivity index (χ3v) is 5.66. The second kappa shape index (κ2) is 8.14. The number of benzene rings is 2. The van der Waals surface area contributed by atoms with E-state index < -0.39 is 5.97 Å². The molecule has 0 saturated heterocycles. The molecule has 0 spiro atoms. The first-order valence-electron chi connectivity index (χ1n) is 10.3. The molecule has 1 unspecified atom stereocenters. The maximum atomic E-state index is 11.7. The fourth-order valence-corrected chi connectivity index (χ4v) is 4.13. The molecule has 9 heteroatoms. The number of aromatic carboxylic acids is 1. The van der Waals surface area contributed by atoms with Gasteiger partial charge in [0.25, 0.3) is 0 Å². The molecule has 1 atom stereocenters. The summed E-state index contributed by atoms with van der Waals surface area (Å²) in [6, 6.07) is 16.8. The van der Waals surface area contributed by atoms with Crippen LogP contribution in [0.4, 0.5) is 5.69 Å². The lowest BCUT2D eigenvalue weighted by molar-refractivity contribution is 0.0691. The number of anilines is 1. The molecule has 5 aromatic rings. The Morgan fingerprint density at radius 2 is 1.91 bits per heavy atom. The first kappa shape index (κ1) is 20.8. The first-order valence-corrected chi connectivity index (χ1v) is 10.7.